The van der Waals surface area contributed by atoms with Gasteiger partial charge in [0, 0.05) is 17.5 Å². The second kappa shape index (κ2) is 5.76. The van der Waals surface area contributed by atoms with Gasteiger partial charge in [-0.1, -0.05) is 32.0 Å². The number of thioether (sulfide) groups is 1. The molecule has 2 unspecified atom stereocenters. The van der Waals surface area contributed by atoms with Gasteiger partial charge in [-0.15, -0.1) is 11.8 Å². The van der Waals surface area contributed by atoms with Crippen molar-refractivity contribution < 1.29 is 4.79 Å². The number of rotatable bonds is 4. The van der Waals surface area contributed by atoms with Gasteiger partial charge in [0.1, 0.15) is 0 Å². The first-order valence-electron chi connectivity index (χ1n) is 6.35. The summed E-state index contributed by atoms with van der Waals surface area (Å²) in [5, 5.41) is 2.96. The average molecular weight is 264 g/mol. The van der Waals surface area contributed by atoms with E-state index in [-0.39, 0.29) is 17.2 Å². The van der Waals surface area contributed by atoms with Gasteiger partial charge in [-0.3, -0.25) is 4.79 Å². The molecule has 2 atom stereocenters. The third-order valence-electron chi connectivity index (χ3n) is 3.31. The van der Waals surface area contributed by atoms with E-state index >= 15 is 0 Å². The molecule has 1 amide bonds. The van der Waals surface area contributed by atoms with Gasteiger partial charge in [0.05, 0.1) is 5.25 Å². The van der Waals surface area contributed by atoms with Crippen LogP contribution < -0.4 is 11.1 Å². The summed E-state index contributed by atoms with van der Waals surface area (Å²) in [6.45, 7) is 4.69. The van der Waals surface area contributed by atoms with Gasteiger partial charge in [-0.2, -0.15) is 0 Å². The van der Waals surface area contributed by atoms with Crippen LogP contribution in [0.25, 0.3) is 0 Å². The van der Waals surface area contributed by atoms with Crippen molar-refractivity contribution >= 4 is 17.7 Å². The standard InChI is InChI=1S/C14H20N2OS/c1-9(2)11(15)8-16-14(17)13-7-10-5-3-4-6-12(10)18-13/h3-6,9,11,13H,7-8,15H2,1-2H3,(H,16,17). The van der Waals surface area contributed by atoms with Crippen molar-refractivity contribution in [2.24, 2.45) is 11.7 Å². The van der Waals surface area contributed by atoms with E-state index in [2.05, 4.69) is 31.3 Å². The first kappa shape index (κ1) is 13.4. The minimum absolute atomic E-state index is 0.00163. The number of nitrogens with one attached hydrogen (secondary N) is 1. The molecule has 0 aliphatic carbocycles. The average Bonchev–Trinajstić information content (AvgIpc) is 2.79. The van der Waals surface area contributed by atoms with Crippen molar-refractivity contribution in [2.75, 3.05) is 6.54 Å². The van der Waals surface area contributed by atoms with Gasteiger partial charge in [-0.25, -0.2) is 0 Å². The molecule has 0 saturated heterocycles. The number of fused-ring (bicyclic) bond motifs is 1. The number of nitrogens with two attached hydrogens (primary N) is 1. The van der Waals surface area contributed by atoms with E-state index in [0.717, 1.165) is 6.42 Å². The van der Waals surface area contributed by atoms with E-state index in [9.17, 15) is 4.79 Å². The van der Waals surface area contributed by atoms with Crippen molar-refractivity contribution in [1.82, 2.24) is 5.32 Å². The number of hydrogen-bond donors (Lipinski definition) is 2. The molecular weight excluding hydrogens is 244 g/mol. The summed E-state index contributed by atoms with van der Waals surface area (Å²) < 4.78 is 0. The van der Waals surface area contributed by atoms with Crippen molar-refractivity contribution in [3.05, 3.63) is 29.8 Å². The zero-order valence-electron chi connectivity index (χ0n) is 10.8. The van der Waals surface area contributed by atoms with Crippen molar-refractivity contribution in [3.8, 4) is 0 Å². The molecule has 18 heavy (non-hydrogen) atoms. The summed E-state index contributed by atoms with van der Waals surface area (Å²) in [5.41, 5.74) is 7.20. The Bertz CT molecular complexity index is 409. The van der Waals surface area contributed by atoms with Gasteiger partial charge in [0.25, 0.3) is 0 Å². The molecule has 2 rings (SSSR count). The first-order valence-corrected chi connectivity index (χ1v) is 7.23. The summed E-state index contributed by atoms with van der Waals surface area (Å²) in [5.74, 6) is 0.492. The fraction of sp³-hybridized carbons (Fsp3) is 0.500. The lowest BCUT2D eigenvalue weighted by atomic mass is 10.1. The maximum Gasteiger partial charge on any atom is 0.233 e. The Balaban J connectivity index is 1.86. The van der Waals surface area contributed by atoms with Gasteiger partial charge < -0.3 is 11.1 Å². The Kier molecular flexibility index (Phi) is 4.30. The molecule has 0 aromatic heterocycles. The van der Waals surface area contributed by atoms with Gasteiger partial charge in [0.2, 0.25) is 5.91 Å². The Labute approximate surface area is 113 Å². The molecule has 4 heteroatoms. The molecule has 1 heterocycles. The van der Waals surface area contributed by atoms with Crippen LogP contribution in [0.5, 0.6) is 0 Å². The van der Waals surface area contributed by atoms with E-state index in [0.29, 0.717) is 12.5 Å². The first-order chi connectivity index (χ1) is 8.58. The highest BCUT2D eigenvalue weighted by atomic mass is 32.2. The second-order valence-corrected chi connectivity index (χ2v) is 6.32. The Hall–Kier alpha value is -1.00. The lowest BCUT2D eigenvalue weighted by Crippen LogP contribution is -2.43. The van der Waals surface area contributed by atoms with Crippen LogP contribution in [0, 0.1) is 5.92 Å². The van der Waals surface area contributed by atoms with Gasteiger partial charge in [-0.05, 0) is 24.0 Å². The summed E-state index contributed by atoms with van der Waals surface area (Å²) in [4.78, 5) is 13.3. The molecule has 1 aliphatic rings. The fourth-order valence-electron chi connectivity index (χ4n) is 1.90. The minimum atomic E-state index is 0.00163. The van der Waals surface area contributed by atoms with Crippen molar-refractivity contribution in [2.45, 2.75) is 36.5 Å². The van der Waals surface area contributed by atoms with E-state index < -0.39 is 0 Å². The highest BCUT2D eigenvalue weighted by Crippen LogP contribution is 2.36. The summed E-state index contributed by atoms with van der Waals surface area (Å²) >= 11 is 1.65. The smallest absolute Gasteiger partial charge is 0.233 e. The largest absolute Gasteiger partial charge is 0.354 e. The maximum atomic E-state index is 12.1. The van der Waals surface area contributed by atoms with E-state index in [1.54, 1.807) is 11.8 Å². The molecule has 0 radical (unpaired) electrons. The van der Waals surface area contributed by atoms with Crippen LogP contribution in [-0.4, -0.2) is 23.7 Å². The molecule has 0 spiro atoms. The van der Waals surface area contributed by atoms with Crippen molar-refractivity contribution in [3.63, 3.8) is 0 Å². The van der Waals surface area contributed by atoms with Crippen LogP contribution in [-0.2, 0) is 11.2 Å². The Morgan fingerprint density at radius 2 is 2.22 bits per heavy atom. The summed E-state index contributed by atoms with van der Waals surface area (Å²) in [7, 11) is 0. The number of benzene rings is 1. The van der Waals surface area contributed by atoms with E-state index in [1.165, 1.54) is 10.5 Å². The molecular formula is C14H20N2OS. The molecule has 0 saturated carbocycles. The molecule has 1 aromatic rings. The number of carbonyl (C=O) groups is 1. The van der Waals surface area contributed by atoms with Gasteiger partial charge in [0.15, 0.2) is 0 Å². The molecule has 0 fully saturated rings. The number of amides is 1. The third-order valence-corrected chi connectivity index (χ3v) is 4.63. The quantitative estimate of drug-likeness (QED) is 0.872. The Morgan fingerprint density at radius 3 is 2.89 bits per heavy atom. The summed E-state index contributed by atoms with van der Waals surface area (Å²) in [6, 6.07) is 8.24. The normalized spacial score (nSPS) is 19.7. The predicted molar refractivity (Wildman–Crippen MR) is 75.6 cm³/mol. The topological polar surface area (TPSA) is 55.1 Å². The van der Waals surface area contributed by atoms with Gasteiger partial charge >= 0.3 is 0 Å². The minimum Gasteiger partial charge on any atom is -0.354 e. The summed E-state index contributed by atoms with van der Waals surface area (Å²) in [6.07, 6.45) is 0.823. The highest BCUT2D eigenvalue weighted by molar-refractivity contribution is 8.01. The molecule has 3 nitrogen and oxygen atoms in total. The zero-order valence-corrected chi connectivity index (χ0v) is 11.7. The zero-order chi connectivity index (χ0) is 13.1. The van der Waals surface area contributed by atoms with Crippen LogP contribution in [0.3, 0.4) is 0 Å². The SMILES string of the molecule is CC(C)C(N)CNC(=O)C1Cc2ccccc2S1. The maximum absolute atomic E-state index is 12.1. The van der Waals surface area contributed by atoms with Crippen LogP contribution in [0.15, 0.2) is 29.2 Å². The molecule has 98 valence electrons. The lowest BCUT2D eigenvalue weighted by Gasteiger charge is -2.17. The highest BCUT2D eigenvalue weighted by Gasteiger charge is 2.27. The van der Waals surface area contributed by atoms with E-state index in [1.807, 2.05) is 12.1 Å². The molecule has 1 aromatic carbocycles. The molecule has 3 N–H and O–H groups in total. The van der Waals surface area contributed by atoms with Crippen LogP contribution >= 0.6 is 11.8 Å². The molecule has 1 aliphatic heterocycles. The number of hydrogen-bond acceptors (Lipinski definition) is 3. The van der Waals surface area contributed by atoms with E-state index in [4.69, 9.17) is 5.73 Å². The Morgan fingerprint density at radius 1 is 1.50 bits per heavy atom. The van der Waals surface area contributed by atoms with Crippen LogP contribution in [0.1, 0.15) is 19.4 Å². The molecule has 0 bridgehead atoms. The van der Waals surface area contributed by atoms with Crippen molar-refractivity contribution in [1.29, 1.82) is 0 Å². The second-order valence-electron chi connectivity index (χ2n) is 5.07. The monoisotopic (exact) mass is 264 g/mol. The van der Waals surface area contributed by atoms with Crippen LogP contribution in [0.2, 0.25) is 0 Å². The van der Waals surface area contributed by atoms with Crippen LogP contribution in [0.4, 0.5) is 0 Å². The number of carbonyl (C=O) groups excluding carboxylic acids is 1. The fourth-order valence-corrected chi connectivity index (χ4v) is 3.12. The lowest BCUT2D eigenvalue weighted by molar-refractivity contribution is -0.120. The predicted octanol–water partition coefficient (Wildman–Crippen LogP) is 1.80. The third kappa shape index (κ3) is 3.06.